The third-order valence-corrected chi connectivity index (χ3v) is 3.36. The molecule has 0 radical (unpaired) electrons. The van der Waals surface area contributed by atoms with E-state index in [1.54, 1.807) is 6.20 Å². The van der Waals surface area contributed by atoms with Crippen molar-refractivity contribution < 1.29 is 9.84 Å². The van der Waals surface area contributed by atoms with Gasteiger partial charge in [-0.15, -0.1) is 0 Å². The molecule has 0 amide bonds. The molecule has 0 bridgehead atoms. The van der Waals surface area contributed by atoms with Crippen molar-refractivity contribution in [1.82, 2.24) is 9.97 Å². The van der Waals surface area contributed by atoms with Gasteiger partial charge in [0, 0.05) is 25.6 Å². The number of hydrogen-bond acceptors (Lipinski definition) is 5. The van der Waals surface area contributed by atoms with Crippen molar-refractivity contribution in [2.45, 2.75) is 0 Å². The summed E-state index contributed by atoms with van der Waals surface area (Å²) in [6.07, 6.45) is 1.79. The van der Waals surface area contributed by atoms with Crippen molar-refractivity contribution in [3.8, 4) is 0 Å². The van der Waals surface area contributed by atoms with Crippen molar-refractivity contribution >= 4 is 16.9 Å². The van der Waals surface area contributed by atoms with Gasteiger partial charge in [0.1, 0.15) is 5.82 Å². The van der Waals surface area contributed by atoms with Gasteiger partial charge in [0.05, 0.1) is 30.4 Å². The fourth-order valence-corrected chi connectivity index (χ4v) is 2.30. The summed E-state index contributed by atoms with van der Waals surface area (Å²) in [7, 11) is 0. The number of aliphatic hydroxyl groups excluding tert-OH is 1. The average Bonchev–Trinajstić information content (AvgIpc) is 2.72. The number of para-hydroxylation sites is 2. The summed E-state index contributed by atoms with van der Waals surface area (Å²) >= 11 is 0. The van der Waals surface area contributed by atoms with Crippen molar-refractivity contribution in [1.29, 1.82) is 0 Å². The molecule has 1 aliphatic rings. The molecule has 1 atom stereocenters. The Bertz CT molecular complexity index is 561. The highest BCUT2D eigenvalue weighted by molar-refractivity contribution is 5.75. The van der Waals surface area contributed by atoms with Crippen LogP contribution >= 0.6 is 0 Å². The predicted octanol–water partition coefficient (Wildman–Crippen LogP) is 1.07. The van der Waals surface area contributed by atoms with E-state index in [1.807, 2.05) is 24.3 Å². The molecule has 1 unspecified atom stereocenters. The zero-order chi connectivity index (χ0) is 13.1. The number of nitrogens with zero attached hydrogens (tertiary/aromatic N) is 3. The molecule has 3 rings (SSSR count). The third kappa shape index (κ3) is 2.67. The number of fused-ring (bicyclic) bond motifs is 1. The zero-order valence-corrected chi connectivity index (χ0v) is 10.7. The smallest absolute Gasteiger partial charge is 0.147 e. The third-order valence-electron chi connectivity index (χ3n) is 3.36. The second kappa shape index (κ2) is 5.50. The second-order valence-electron chi connectivity index (χ2n) is 4.79. The van der Waals surface area contributed by atoms with Crippen LogP contribution in [-0.4, -0.2) is 48.0 Å². The van der Waals surface area contributed by atoms with Gasteiger partial charge in [-0.3, -0.25) is 4.98 Å². The first kappa shape index (κ1) is 12.3. The topological polar surface area (TPSA) is 58.5 Å². The molecule has 1 fully saturated rings. The lowest BCUT2D eigenvalue weighted by molar-refractivity contribution is 0.0959. The van der Waals surface area contributed by atoms with Gasteiger partial charge in [0.15, 0.2) is 0 Å². The van der Waals surface area contributed by atoms with Crippen LogP contribution < -0.4 is 4.90 Å². The quantitative estimate of drug-likeness (QED) is 0.874. The number of aromatic nitrogens is 2. The van der Waals surface area contributed by atoms with E-state index in [9.17, 15) is 5.11 Å². The molecule has 100 valence electrons. The molecule has 1 aromatic carbocycles. The predicted molar refractivity (Wildman–Crippen MR) is 73.1 cm³/mol. The SMILES string of the molecule is OCC1COCCN(c2cnc3ccccc3n2)C1. The molecule has 1 aromatic heterocycles. The monoisotopic (exact) mass is 259 g/mol. The molecule has 1 saturated heterocycles. The maximum atomic E-state index is 9.31. The lowest BCUT2D eigenvalue weighted by Crippen LogP contribution is -2.32. The van der Waals surface area contributed by atoms with Gasteiger partial charge in [-0.25, -0.2) is 4.98 Å². The lowest BCUT2D eigenvalue weighted by atomic mass is 10.1. The molecule has 19 heavy (non-hydrogen) atoms. The Morgan fingerprint density at radius 1 is 1.32 bits per heavy atom. The van der Waals surface area contributed by atoms with Gasteiger partial charge in [0.25, 0.3) is 0 Å². The number of aliphatic hydroxyl groups is 1. The minimum absolute atomic E-state index is 0.135. The van der Waals surface area contributed by atoms with E-state index in [0.29, 0.717) is 13.2 Å². The van der Waals surface area contributed by atoms with E-state index >= 15 is 0 Å². The number of ether oxygens (including phenoxy) is 1. The highest BCUT2D eigenvalue weighted by Gasteiger charge is 2.19. The van der Waals surface area contributed by atoms with Gasteiger partial charge in [-0.05, 0) is 12.1 Å². The summed E-state index contributed by atoms with van der Waals surface area (Å²) in [5.41, 5.74) is 1.79. The first-order valence-corrected chi connectivity index (χ1v) is 6.52. The van der Waals surface area contributed by atoms with Gasteiger partial charge >= 0.3 is 0 Å². The second-order valence-corrected chi connectivity index (χ2v) is 4.79. The van der Waals surface area contributed by atoms with E-state index < -0.39 is 0 Å². The summed E-state index contributed by atoms with van der Waals surface area (Å²) < 4.78 is 5.49. The van der Waals surface area contributed by atoms with E-state index in [4.69, 9.17) is 4.74 Å². The van der Waals surface area contributed by atoms with Crippen molar-refractivity contribution in [3.63, 3.8) is 0 Å². The van der Waals surface area contributed by atoms with Gasteiger partial charge < -0.3 is 14.7 Å². The van der Waals surface area contributed by atoms with Crippen LogP contribution in [0, 0.1) is 5.92 Å². The summed E-state index contributed by atoms with van der Waals surface area (Å²) in [5.74, 6) is 0.985. The molecule has 5 nitrogen and oxygen atoms in total. The summed E-state index contributed by atoms with van der Waals surface area (Å²) in [6, 6.07) is 7.83. The molecule has 5 heteroatoms. The van der Waals surface area contributed by atoms with Crippen LogP contribution in [0.5, 0.6) is 0 Å². The summed E-state index contributed by atoms with van der Waals surface area (Å²) in [5, 5.41) is 9.31. The van der Waals surface area contributed by atoms with Crippen LogP contribution in [0.15, 0.2) is 30.5 Å². The van der Waals surface area contributed by atoms with Crippen molar-refractivity contribution in [2.75, 3.05) is 37.8 Å². The molecule has 2 aromatic rings. The van der Waals surface area contributed by atoms with Crippen LogP contribution in [0.3, 0.4) is 0 Å². The molecular weight excluding hydrogens is 242 g/mol. The molecule has 0 spiro atoms. The van der Waals surface area contributed by atoms with E-state index in [2.05, 4.69) is 14.9 Å². The van der Waals surface area contributed by atoms with E-state index in [0.717, 1.165) is 29.9 Å². The summed E-state index contributed by atoms with van der Waals surface area (Å²) in [6.45, 7) is 2.93. The Labute approximate surface area is 111 Å². The zero-order valence-electron chi connectivity index (χ0n) is 10.7. The Morgan fingerprint density at radius 3 is 3.00 bits per heavy atom. The maximum Gasteiger partial charge on any atom is 0.147 e. The number of hydrogen-bond donors (Lipinski definition) is 1. The van der Waals surface area contributed by atoms with E-state index in [1.165, 1.54) is 0 Å². The normalized spacial score (nSPS) is 20.5. The minimum Gasteiger partial charge on any atom is -0.396 e. The van der Waals surface area contributed by atoms with Crippen molar-refractivity contribution in [2.24, 2.45) is 5.92 Å². The fraction of sp³-hybridized carbons (Fsp3) is 0.429. The fourth-order valence-electron chi connectivity index (χ4n) is 2.30. The van der Waals surface area contributed by atoms with Gasteiger partial charge in [-0.2, -0.15) is 0 Å². The molecular formula is C14H17N3O2. The van der Waals surface area contributed by atoms with Crippen LogP contribution in [0.1, 0.15) is 0 Å². The molecule has 0 aliphatic carbocycles. The minimum atomic E-state index is 0.135. The first-order chi connectivity index (χ1) is 9.36. The Hall–Kier alpha value is -1.72. The van der Waals surface area contributed by atoms with Crippen LogP contribution in [-0.2, 0) is 4.74 Å². The molecule has 0 saturated carbocycles. The van der Waals surface area contributed by atoms with Crippen LogP contribution in [0.4, 0.5) is 5.82 Å². The molecule has 1 N–H and O–H groups in total. The Kier molecular flexibility index (Phi) is 3.57. The Morgan fingerprint density at radius 2 is 2.16 bits per heavy atom. The number of anilines is 1. The highest BCUT2D eigenvalue weighted by Crippen LogP contribution is 2.18. The largest absolute Gasteiger partial charge is 0.396 e. The van der Waals surface area contributed by atoms with Gasteiger partial charge in [-0.1, -0.05) is 12.1 Å². The number of rotatable bonds is 2. The van der Waals surface area contributed by atoms with Crippen LogP contribution in [0.2, 0.25) is 0 Å². The van der Waals surface area contributed by atoms with Crippen molar-refractivity contribution in [3.05, 3.63) is 30.5 Å². The highest BCUT2D eigenvalue weighted by atomic mass is 16.5. The first-order valence-electron chi connectivity index (χ1n) is 6.52. The summed E-state index contributed by atoms with van der Waals surface area (Å²) in [4.78, 5) is 11.2. The average molecular weight is 259 g/mol. The number of benzene rings is 1. The van der Waals surface area contributed by atoms with Crippen LogP contribution in [0.25, 0.3) is 11.0 Å². The molecule has 2 heterocycles. The Balaban J connectivity index is 1.89. The van der Waals surface area contributed by atoms with E-state index in [-0.39, 0.29) is 12.5 Å². The lowest BCUT2D eigenvalue weighted by Gasteiger charge is -2.23. The molecule has 1 aliphatic heterocycles. The maximum absolute atomic E-state index is 9.31. The standard InChI is InChI=1S/C14H17N3O2/c18-9-11-8-17(5-6-19-10-11)14-7-15-12-3-1-2-4-13(12)16-14/h1-4,7,11,18H,5-6,8-10H2. The van der Waals surface area contributed by atoms with Gasteiger partial charge in [0.2, 0.25) is 0 Å².